The predicted octanol–water partition coefficient (Wildman–Crippen LogP) is 7.91. The van der Waals surface area contributed by atoms with Crippen LogP contribution in [0.5, 0.6) is 0 Å². The highest BCUT2D eigenvalue weighted by Gasteiger charge is 2.42. The Bertz CT molecular complexity index is 1530. The van der Waals surface area contributed by atoms with Crippen molar-refractivity contribution in [3.8, 4) is 0 Å². The lowest BCUT2D eigenvalue weighted by Gasteiger charge is -2.38. The molecule has 0 aliphatic carbocycles. The number of carbonyl (C=O) groups excluding carboxylic acids is 1. The lowest BCUT2D eigenvalue weighted by molar-refractivity contribution is 0.0235. The van der Waals surface area contributed by atoms with Gasteiger partial charge >= 0.3 is 5.97 Å². The van der Waals surface area contributed by atoms with Crippen molar-refractivity contribution in [2.75, 3.05) is 0 Å². The Morgan fingerprint density at radius 1 is 0.676 bits per heavy atom. The van der Waals surface area contributed by atoms with Gasteiger partial charge in [0.15, 0.2) is 0 Å². The molecule has 0 heterocycles. The molecule has 0 aliphatic heterocycles. The average Bonchev–Trinajstić information content (AvgIpc) is 2.92. The molecule has 37 heavy (non-hydrogen) atoms. The van der Waals surface area contributed by atoms with E-state index in [0.29, 0.717) is 5.56 Å². The molecule has 0 aromatic heterocycles. The summed E-state index contributed by atoms with van der Waals surface area (Å²) in [6.07, 6.45) is -0.856. The molecule has 0 radical (unpaired) electrons. The predicted molar refractivity (Wildman–Crippen MR) is 155 cm³/mol. The van der Waals surface area contributed by atoms with Crippen molar-refractivity contribution in [2.24, 2.45) is 0 Å². The van der Waals surface area contributed by atoms with Crippen molar-refractivity contribution in [3.05, 3.63) is 132 Å². The fourth-order valence-corrected chi connectivity index (χ4v) is 7.18. The number of carbonyl (C=O) groups is 1. The van der Waals surface area contributed by atoms with E-state index in [1.165, 1.54) is 0 Å². The fourth-order valence-electron chi connectivity index (χ4n) is 5.27. The third-order valence-electron chi connectivity index (χ3n) is 7.09. The van der Waals surface area contributed by atoms with Crippen LogP contribution in [0.3, 0.4) is 0 Å². The van der Waals surface area contributed by atoms with Gasteiger partial charge in [-0.05, 0) is 38.7 Å². The Kier molecular flexibility index (Phi) is 6.96. The molecule has 0 amide bonds. The van der Waals surface area contributed by atoms with Crippen molar-refractivity contribution in [1.82, 2.24) is 0 Å². The Labute approximate surface area is 219 Å². The summed E-state index contributed by atoms with van der Waals surface area (Å²) in [5, 5.41) is 16.0. The first-order valence-corrected chi connectivity index (χ1v) is 16.3. The molecule has 3 atom stereocenters. The van der Waals surface area contributed by atoms with Gasteiger partial charge in [-0.25, -0.2) is 4.79 Å². The normalized spacial score (nSPS) is 14.3. The summed E-state index contributed by atoms with van der Waals surface area (Å²) in [6.45, 7) is 6.58. The van der Waals surface area contributed by atoms with E-state index in [1.807, 2.05) is 103 Å². The quantitative estimate of drug-likeness (QED) is 0.181. The summed E-state index contributed by atoms with van der Waals surface area (Å²) in [5.74, 6) is -0.770. The number of fused-ring (bicyclic) bond motifs is 2. The Balaban J connectivity index is 1.61. The molecule has 5 rings (SSSR count). The molecule has 5 aromatic rings. The number of rotatable bonds is 7. The topological polar surface area (TPSA) is 46.5 Å². The van der Waals surface area contributed by atoms with E-state index in [0.717, 1.165) is 32.7 Å². The lowest BCUT2D eigenvalue weighted by Crippen LogP contribution is -2.47. The van der Waals surface area contributed by atoms with Crippen molar-refractivity contribution in [2.45, 2.75) is 37.4 Å². The summed E-state index contributed by atoms with van der Waals surface area (Å²) >= 11 is 0. The van der Waals surface area contributed by atoms with Gasteiger partial charge in [-0.15, -0.1) is 0 Å². The standard InChI is InChI=1S/C33H32O3Si/c1-37(2,3)33(36-32(35)29-22-12-18-24-14-8-10-20-27(24)29)30(25-15-5-4-6-16-25)31(34)28-21-11-17-23-13-7-9-19-26(23)28/h4-22,30-31,33-34H,1-3H3/t30-,31-,33+/m0/s1. The summed E-state index contributed by atoms with van der Waals surface area (Å²) < 4.78 is 6.44. The minimum absolute atomic E-state index is 0.352. The van der Waals surface area contributed by atoms with E-state index in [4.69, 9.17) is 4.74 Å². The largest absolute Gasteiger partial charge is 0.462 e. The molecule has 0 fully saturated rings. The highest BCUT2D eigenvalue weighted by Crippen LogP contribution is 2.41. The van der Waals surface area contributed by atoms with Crippen LogP contribution in [0.1, 0.15) is 33.5 Å². The molecule has 0 saturated carbocycles. The molecular formula is C33H32O3Si. The smallest absolute Gasteiger partial charge is 0.338 e. The van der Waals surface area contributed by atoms with E-state index in [2.05, 4.69) is 31.8 Å². The van der Waals surface area contributed by atoms with Crippen molar-refractivity contribution in [1.29, 1.82) is 0 Å². The molecule has 1 N–H and O–H groups in total. The number of aliphatic hydroxyl groups excluding tert-OH is 1. The molecule has 186 valence electrons. The first kappa shape index (κ1) is 24.9. The monoisotopic (exact) mass is 504 g/mol. The highest BCUT2D eigenvalue weighted by atomic mass is 28.3. The van der Waals surface area contributed by atoms with E-state index < -0.39 is 25.8 Å². The van der Waals surface area contributed by atoms with Gasteiger partial charge in [0.1, 0.15) is 0 Å². The first-order valence-electron chi connectivity index (χ1n) is 12.7. The number of ether oxygens (including phenoxy) is 1. The average molecular weight is 505 g/mol. The second kappa shape index (κ2) is 10.3. The third kappa shape index (κ3) is 5.08. The summed E-state index contributed by atoms with van der Waals surface area (Å²) in [7, 11) is -2.16. The van der Waals surface area contributed by atoms with Crippen molar-refractivity contribution in [3.63, 3.8) is 0 Å². The van der Waals surface area contributed by atoms with Gasteiger partial charge in [0.2, 0.25) is 0 Å². The maximum atomic E-state index is 13.7. The maximum Gasteiger partial charge on any atom is 0.338 e. The van der Waals surface area contributed by atoms with Crippen LogP contribution in [0, 0.1) is 0 Å². The van der Waals surface area contributed by atoms with Crippen molar-refractivity contribution >= 4 is 35.6 Å². The van der Waals surface area contributed by atoms with E-state index in [9.17, 15) is 9.90 Å². The molecule has 5 aromatic carbocycles. The molecule has 4 heteroatoms. The second-order valence-corrected chi connectivity index (χ2v) is 16.0. The number of aliphatic hydroxyl groups is 1. The summed E-state index contributed by atoms with van der Waals surface area (Å²) in [4.78, 5) is 13.7. The molecule has 0 unspecified atom stereocenters. The van der Waals surface area contributed by atoms with Gasteiger partial charge in [-0.3, -0.25) is 0 Å². The van der Waals surface area contributed by atoms with Crippen molar-refractivity contribution < 1.29 is 14.6 Å². The molecule has 0 bridgehead atoms. The molecule has 0 spiro atoms. The fraction of sp³-hybridized carbons (Fsp3) is 0.182. The van der Waals surface area contributed by atoms with Gasteiger partial charge in [-0.2, -0.15) is 0 Å². The minimum Gasteiger partial charge on any atom is -0.462 e. The van der Waals surface area contributed by atoms with Crippen LogP contribution in [0.15, 0.2) is 115 Å². The zero-order valence-corrected chi connectivity index (χ0v) is 22.5. The Hall–Kier alpha value is -3.73. The van der Waals surface area contributed by atoms with Crippen LogP contribution in [0.4, 0.5) is 0 Å². The second-order valence-electron chi connectivity index (χ2n) is 10.7. The highest BCUT2D eigenvalue weighted by molar-refractivity contribution is 6.77. The SMILES string of the molecule is C[Si](C)(C)[C@@H](OC(=O)c1cccc2ccccc12)[C@@H](c1ccccc1)[C@@H](O)c1cccc2ccccc12. The van der Waals surface area contributed by atoms with E-state index in [1.54, 1.807) is 0 Å². The number of hydrogen-bond acceptors (Lipinski definition) is 3. The Morgan fingerprint density at radius 3 is 1.89 bits per heavy atom. The van der Waals surface area contributed by atoms with Gasteiger partial charge in [-0.1, -0.05) is 129 Å². The van der Waals surface area contributed by atoms with E-state index in [-0.39, 0.29) is 5.97 Å². The zero-order valence-electron chi connectivity index (χ0n) is 21.5. The van der Waals surface area contributed by atoms with Gasteiger partial charge in [0.25, 0.3) is 0 Å². The zero-order chi connectivity index (χ0) is 26.0. The van der Waals surface area contributed by atoms with Crippen LogP contribution >= 0.6 is 0 Å². The number of benzene rings is 5. The molecular weight excluding hydrogens is 472 g/mol. The number of esters is 1. The molecule has 0 aliphatic rings. The maximum absolute atomic E-state index is 13.7. The van der Waals surface area contributed by atoms with Crippen LogP contribution in [0.2, 0.25) is 19.6 Å². The summed E-state index contributed by atoms with van der Waals surface area (Å²) in [5.41, 5.74) is 1.89. The van der Waals surface area contributed by atoms with Crippen LogP contribution in [-0.2, 0) is 4.74 Å². The number of hydrogen-bond donors (Lipinski definition) is 1. The third-order valence-corrected chi connectivity index (χ3v) is 9.27. The first-order chi connectivity index (χ1) is 17.8. The summed E-state index contributed by atoms with van der Waals surface area (Å²) in [6, 6.07) is 37.7. The van der Waals surface area contributed by atoms with E-state index >= 15 is 0 Å². The van der Waals surface area contributed by atoms with Crippen LogP contribution in [-0.4, -0.2) is 24.9 Å². The van der Waals surface area contributed by atoms with Gasteiger partial charge in [0.05, 0.1) is 25.5 Å². The van der Waals surface area contributed by atoms with Gasteiger partial charge in [0, 0.05) is 5.92 Å². The molecule has 3 nitrogen and oxygen atoms in total. The van der Waals surface area contributed by atoms with Crippen LogP contribution < -0.4 is 0 Å². The minimum atomic E-state index is -2.16. The van der Waals surface area contributed by atoms with Gasteiger partial charge < -0.3 is 9.84 Å². The molecule has 0 saturated heterocycles. The Morgan fingerprint density at radius 2 is 1.22 bits per heavy atom. The lowest BCUT2D eigenvalue weighted by atomic mass is 9.87. The van der Waals surface area contributed by atoms with Crippen LogP contribution in [0.25, 0.3) is 21.5 Å².